The number of benzene rings is 2. The maximum Gasteiger partial charge on any atom is 0.0464 e. The highest BCUT2D eigenvalue weighted by molar-refractivity contribution is 5.96. The molecule has 2 heteroatoms. The topological polar surface area (TPSA) is 38.0 Å². The molecule has 0 radical (unpaired) electrons. The van der Waals surface area contributed by atoms with Gasteiger partial charge in [0.1, 0.15) is 0 Å². The number of nitrogens with two attached hydrogens (primary N) is 1. The van der Waals surface area contributed by atoms with Crippen molar-refractivity contribution in [2.75, 3.05) is 5.32 Å². The largest absolute Gasteiger partial charge is 0.405 e. The number of aryl methyl sites for hydroxylation is 1. The van der Waals surface area contributed by atoms with Crippen LogP contribution >= 0.6 is 0 Å². The quantitative estimate of drug-likeness (QED) is 0.467. The Hall–Kier alpha value is -3.52. The van der Waals surface area contributed by atoms with Gasteiger partial charge < -0.3 is 11.1 Å². The molecule has 0 fully saturated rings. The van der Waals surface area contributed by atoms with E-state index in [-0.39, 0.29) is 0 Å². The fraction of sp³-hybridized carbons (Fsp3) is 0.172. The van der Waals surface area contributed by atoms with Crippen molar-refractivity contribution in [2.24, 2.45) is 5.73 Å². The molecule has 2 aromatic carbocycles. The smallest absolute Gasteiger partial charge is 0.0464 e. The van der Waals surface area contributed by atoms with Crippen molar-refractivity contribution < 1.29 is 0 Å². The molecule has 1 heterocycles. The highest BCUT2D eigenvalue weighted by Crippen LogP contribution is 2.42. The lowest BCUT2D eigenvalue weighted by molar-refractivity contribution is 1.05. The second kappa shape index (κ2) is 9.99. The Morgan fingerprint density at radius 2 is 1.65 bits per heavy atom. The summed E-state index contributed by atoms with van der Waals surface area (Å²) in [6.07, 6.45) is 9.73. The first-order valence-corrected chi connectivity index (χ1v) is 10.8. The van der Waals surface area contributed by atoms with Crippen LogP contribution in [0.4, 0.5) is 5.69 Å². The molecule has 158 valence electrons. The number of anilines is 1. The third-order valence-corrected chi connectivity index (χ3v) is 5.62. The van der Waals surface area contributed by atoms with Gasteiger partial charge in [0.25, 0.3) is 0 Å². The van der Waals surface area contributed by atoms with Gasteiger partial charge in [-0.2, -0.15) is 0 Å². The van der Waals surface area contributed by atoms with E-state index in [1.807, 2.05) is 12.1 Å². The van der Waals surface area contributed by atoms with Gasteiger partial charge in [-0.3, -0.25) is 0 Å². The van der Waals surface area contributed by atoms with Gasteiger partial charge in [0, 0.05) is 28.1 Å². The van der Waals surface area contributed by atoms with Crippen molar-refractivity contribution in [3.8, 4) is 0 Å². The summed E-state index contributed by atoms with van der Waals surface area (Å²) in [6.45, 7) is 15.2. The van der Waals surface area contributed by atoms with E-state index in [2.05, 4.69) is 93.9 Å². The number of allylic oxidation sites excluding steroid dienone is 6. The maximum absolute atomic E-state index is 5.64. The van der Waals surface area contributed by atoms with E-state index in [0.717, 1.165) is 46.5 Å². The van der Waals surface area contributed by atoms with Crippen LogP contribution in [0.2, 0.25) is 0 Å². The predicted molar refractivity (Wildman–Crippen MR) is 136 cm³/mol. The summed E-state index contributed by atoms with van der Waals surface area (Å²) in [5.41, 5.74) is 16.8. The third kappa shape index (κ3) is 4.80. The lowest BCUT2D eigenvalue weighted by atomic mass is 9.84. The molecule has 2 nitrogen and oxygen atoms in total. The Morgan fingerprint density at radius 1 is 0.968 bits per heavy atom. The summed E-state index contributed by atoms with van der Waals surface area (Å²) >= 11 is 0. The molecule has 1 aliphatic heterocycles. The van der Waals surface area contributed by atoms with E-state index in [1.165, 1.54) is 22.3 Å². The Bertz CT molecular complexity index is 1110. The highest BCUT2D eigenvalue weighted by Gasteiger charge is 2.23. The van der Waals surface area contributed by atoms with Crippen LogP contribution < -0.4 is 11.1 Å². The van der Waals surface area contributed by atoms with E-state index in [1.54, 1.807) is 6.20 Å². The Morgan fingerprint density at radius 3 is 2.29 bits per heavy atom. The summed E-state index contributed by atoms with van der Waals surface area (Å²) in [5.74, 6) is 0. The monoisotopic (exact) mass is 408 g/mol. The van der Waals surface area contributed by atoms with Crippen LogP contribution in [0.1, 0.15) is 43.4 Å². The minimum absolute atomic E-state index is 0.865. The van der Waals surface area contributed by atoms with E-state index < -0.39 is 0 Å². The van der Waals surface area contributed by atoms with Crippen LogP contribution in [-0.4, -0.2) is 0 Å². The second-order valence-electron chi connectivity index (χ2n) is 7.74. The van der Waals surface area contributed by atoms with Crippen LogP contribution in [-0.2, 0) is 0 Å². The summed E-state index contributed by atoms with van der Waals surface area (Å²) in [4.78, 5) is 0. The number of fused-ring (bicyclic) bond motifs is 1. The fourth-order valence-corrected chi connectivity index (χ4v) is 4.05. The van der Waals surface area contributed by atoms with Gasteiger partial charge in [-0.1, -0.05) is 81.1 Å². The summed E-state index contributed by atoms with van der Waals surface area (Å²) in [6, 6.07) is 17.0. The number of hydrogen-bond donors (Lipinski definition) is 2. The molecule has 31 heavy (non-hydrogen) atoms. The Balaban J connectivity index is 2.17. The van der Waals surface area contributed by atoms with Crippen LogP contribution in [0.3, 0.4) is 0 Å². The summed E-state index contributed by atoms with van der Waals surface area (Å²) in [7, 11) is 0. The van der Waals surface area contributed by atoms with Gasteiger partial charge in [0.15, 0.2) is 0 Å². The van der Waals surface area contributed by atoms with Crippen molar-refractivity contribution in [3.05, 3.63) is 131 Å². The first-order chi connectivity index (χ1) is 15.0. The molecular weight excluding hydrogens is 376 g/mol. The average molecular weight is 409 g/mol. The van der Waals surface area contributed by atoms with Crippen LogP contribution in [0.5, 0.6) is 0 Å². The molecule has 0 bridgehead atoms. The molecule has 1 aliphatic rings. The van der Waals surface area contributed by atoms with Gasteiger partial charge in [0.05, 0.1) is 0 Å². The molecule has 0 saturated carbocycles. The molecule has 0 aliphatic carbocycles. The first-order valence-electron chi connectivity index (χ1n) is 10.8. The number of hydrogen-bond acceptors (Lipinski definition) is 2. The lowest BCUT2D eigenvalue weighted by Crippen LogP contribution is -2.13. The first kappa shape index (κ1) is 22.2. The third-order valence-electron chi connectivity index (χ3n) is 5.62. The van der Waals surface area contributed by atoms with Crippen molar-refractivity contribution in [3.63, 3.8) is 0 Å². The zero-order valence-electron chi connectivity index (χ0n) is 18.8. The van der Waals surface area contributed by atoms with Gasteiger partial charge in [0.2, 0.25) is 0 Å². The van der Waals surface area contributed by atoms with Gasteiger partial charge in [-0.15, -0.1) is 0 Å². The van der Waals surface area contributed by atoms with E-state index in [4.69, 9.17) is 5.73 Å². The molecule has 0 atom stereocenters. The number of nitrogens with one attached hydrogen (secondary N) is 1. The molecule has 0 spiro atoms. The molecule has 2 aromatic rings. The van der Waals surface area contributed by atoms with Gasteiger partial charge in [-0.25, -0.2) is 0 Å². The van der Waals surface area contributed by atoms with E-state index >= 15 is 0 Å². The zero-order valence-corrected chi connectivity index (χ0v) is 18.8. The lowest BCUT2D eigenvalue weighted by Gasteiger charge is -2.28. The van der Waals surface area contributed by atoms with Crippen molar-refractivity contribution >= 4 is 11.3 Å². The highest BCUT2D eigenvalue weighted by atomic mass is 14.9. The normalized spacial score (nSPS) is 14.6. The van der Waals surface area contributed by atoms with E-state index in [0.29, 0.717) is 0 Å². The van der Waals surface area contributed by atoms with Gasteiger partial charge in [-0.05, 0) is 66.5 Å². The van der Waals surface area contributed by atoms with Crippen molar-refractivity contribution in [2.45, 2.75) is 33.6 Å². The summed E-state index contributed by atoms with van der Waals surface area (Å²) < 4.78 is 0. The summed E-state index contributed by atoms with van der Waals surface area (Å²) in [5, 5.41) is 3.49. The Labute approximate surface area is 186 Å². The standard InChI is InChI=1S/C29H32N2/c1-6-23(24(7-2)17-18-30)15-14-21(4)28-22(5)31-27-16-13-20(3)19-26(27)29(28)25-11-9-8-10-12-25/h8-19,31H,4-7,30H2,1-3H3/b15-14+,18-17-,24-23+. The average Bonchev–Trinajstić information content (AvgIpc) is 2.78. The fourth-order valence-electron chi connectivity index (χ4n) is 4.05. The molecule has 3 N–H and O–H groups in total. The minimum atomic E-state index is 0.865. The minimum Gasteiger partial charge on any atom is -0.405 e. The van der Waals surface area contributed by atoms with Crippen LogP contribution in [0.25, 0.3) is 5.57 Å². The molecule has 0 saturated heterocycles. The van der Waals surface area contributed by atoms with E-state index in [9.17, 15) is 0 Å². The van der Waals surface area contributed by atoms with Crippen molar-refractivity contribution in [1.29, 1.82) is 0 Å². The molecule has 0 unspecified atom stereocenters. The van der Waals surface area contributed by atoms with Crippen molar-refractivity contribution in [1.82, 2.24) is 0 Å². The zero-order chi connectivity index (χ0) is 22.4. The Kier molecular flexibility index (Phi) is 7.15. The molecule has 0 aromatic heterocycles. The maximum atomic E-state index is 5.64. The molecular formula is C29H32N2. The predicted octanol–water partition coefficient (Wildman–Crippen LogP) is 7.44. The number of rotatable bonds is 7. The van der Waals surface area contributed by atoms with Gasteiger partial charge >= 0.3 is 0 Å². The van der Waals surface area contributed by atoms with Crippen LogP contribution in [0.15, 0.2) is 114 Å². The molecule has 3 rings (SSSR count). The molecule has 0 amide bonds. The second-order valence-corrected chi connectivity index (χ2v) is 7.74. The van der Waals surface area contributed by atoms with Crippen LogP contribution in [0, 0.1) is 6.92 Å². The SMILES string of the molecule is C=C(/C=C/C(CC)=C(/C=C\N)CC)C1=C(c2ccccc2)c2cc(C)ccc2NC1=C.